The van der Waals surface area contributed by atoms with E-state index >= 15 is 0 Å². The van der Waals surface area contributed by atoms with Gasteiger partial charge in [-0.05, 0) is 24.8 Å². The van der Waals surface area contributed by atoms with Crippen LogP contribution in [0.5, 0.6) is 0 Å². The molecule has 0 spiro atoms. The molecule has 3 rings (SSSR count). The zero-order valence-electron chi connectivity index (χ0n) is 12.5. The highest BCUT2D eigenvalue weighted by Crippen LogP contribution is 2.28. The van der Waals surface area contributed by atoms with Crippen molar-refractivity contribution < 1.29 is 8.42 Å². The van der Waals surface area contributed by atoms with Gasteiger partial charge in [0, 0.05) is 44.8 Å². The number of hydrogen-bond donors (Lipinski definition) is 1. The Morgan fingerprint density at radius 3 is 2.81 bits per heavy atom. The summed E-state index contributed by atoms with van der Waals surface area (Å²) in [4.78, 5) is 2.47. The van der Waals surface area contributed by atoms with Crippen molar-refractivity contribution in [3.05, 3.63) is 18.0 Å². The zero-order chi connectivity index (χ0) is 14.9. The highest BCUT2D eigenvalue weighted by atomic mass is 32.2. The molecule has 118 valence electrons. The largest absolute Gasteiger partial charge is 0.297 e. The van der Waals surface area contributed by atoms with Crippen molar-refractivity contribution in [2.24, 2.45) is 11.8 Å². The van der Waals surface area contributed by atoms with Crippen molar-refractivity contribution in [2.45, 2.75) is 32.4 Å². The predicted octanol–water partition coefficient (Wildman–Crippen LogP) is 0.664. The van der Waals surface area contributed by atoms with Gasteiger partial charge in [-0.1, -0.05) is 6.42 Å². The van der Waals surface area contributed by atoms with Gasteiger partial charge in [-0.3, -0.25) is 9.58 Å². The average Bonchev–Trinajstić information content (AvgIpc) is 2.70. The Morgan fingerprint density at radius 1 is 1.33 bits per heavy atom. The minimum absolute atomic E-state index is 0.265. The number of rotatable bonds is 5. The quantitative estimate of drug-likeness (QED) is 0.867. The van der Waals surface area contributed by atoms with E-state index in [1.807, 2.05) is 10.9 Å². The van der Waals surface area contributed by atoms with Gasteiger partial charge >= 0.3 is 0 Å². The minimum atomic E-state index is -3.13. The van der Waals surface area contributed by atoms with Crippen molar-refractivity contribution in [1.82, 2.24) is 19.4 Å². The van der Waals surface area contributed by atoms with Crippen molar-refractivity contribution >= 4 is 10.0 Å². The summed E-state index contributed by atoms with van der Waals surface area (Å²) in [5, 5.41) is 4.37. The number of fused-ring (bicyclic) bond motifs is 1. The third kappa shape index (κ3) is 4.05. The standard InChI is InChI=1S/C14H24N4O2S/c1-21(19,20)16-7-13-9-17(8-12-3-2-4-12)11-14-5-6-15-18(14)10-13/h5-6,12-13,16H,2-4,7-11H2,1H3. The number of aromatic nitrogens is 2. The average molecular weight is 312 g/mol. The Bertz CT molecular complexity index is 580. The molecular formula is C14H24N4O2S. The monoisotopic (exact) mass is 312 g/mol. The van der Waals surface area contributed by atoms with Crippen molar-refractivity contribution in [3.63, 3.8) is 0 Å². The first-order valence-electron chi connectivity index (χ1n) is 7.67. The maximum Gasteiger partial charge on any atom is 0.208 e. The molecule has 1 saturated carbocycles. The van der Waals surface area contributed by atoms with E-state index in [0.29, 0.717) is 6.54 Å². The summed E-state index contributed by atoms with van der Waals surface area (Å²) in [6, 6.07) is 2.07. The molecular weight excluding hydrogens is 288 g/mol. The van der Waals surface area contributed by atoms with Crippen LogP contribution in [0.25, 0.3) is 0 Å². The lowest BCUT2D eigenvalue weighted by atomic mass is 9.85. The van der Waals surface area contributed by atoms with Gasteiger partial charge < -0.3 is 0 Å². The van der Waals surface area contributed by atoms with Crippen LogP contribution >= 0.6 is 0 Å². The van der Waals surface area contributed by atoms with Crippen molar-refractivity contribution in [1.29, 1.82) is 0 Å². The van der Waals surface area contributed by atoms with Crippen LogP contribution in [0.4, 0.5) is 0 Å². The third-order valence-electron chi connectivity index (χ3n) is 4.51. The molecule has 7 heteroatoms. The fourth-order valence-electron chi connectivity index (χ4n) is 3.20. The molecule has 1 N–H and O–H groups in total. The van der Waals surface area contributed by atoms with Gasteiger partial charge in [-0.2, -0.15) is 5.10 Å². The maximum atomic E-state index is 11.3. The zero-order valence-corrected chi connectivity index (χ0v) is 13.3. The van der Waals surface area contributed by atoms with E-state index in [0.717, 1.165) is 32.1 Å². The van der Waals surface area contributed by atoms with Crippen LogP contribution in [0.2, 0.25) is 0 Å². The van der Waals surface area contributed by atoms with Gasteiger partial charge in [0.15, 0.2) is 0 Å². The second-order valence-electron chi connectivity index (χ2n) is 6.48. The van der Waals surface area contributed by atoms with Gasteiger partial charge in [0.2, 0.25) is 10.0 Å². The lowest BCUT2D eigenvalue weighted by molar-refractivity contribution is 0.155. The van der Waals surface area contributed by atoms with E-state index < -0.39 is 10.0 Å². The predicted molar refractivity (Wildman–Crippen MR) is 81.2 cm³/mol. The molecule has 1 fully saturated rings. The summed E-state index contributed by atoms with van der Waals surface area (Å²) in [7, 11) is -3.13. The van der Waals surface area contributed by atoms with Gasteiger partial charge in [-0.15, -0.1) is 0 Å². The Hall–Kier alpha value is -0.920. The van der Waals surface area contributed by atoms with Crippen molar-refractivity contribution in [3.8, 4) is 0 Å². The van der Waals surface area contributed by atoms with Gasteiger partial charge in [0.1, 0.15) is 0 Å². The summed E-state index contributed by atoms with van der Waals surface area (Å²) in [6.45, 7) is 4.25. The summed E-state index contributed by atoms with van der Waals surface area (Å²) in [6.07, 6.45) is 7.08. The lowest BCUT2D eigenvalue weighted by Crippen LogP contribution is -2.38. The minimum Gasteiger partial charge on any atom is -0.297 e. The van der Waals surface area contributed by atoms with Crippen LogP contribution < -0.4 is 4.72 Å². The van der Waals surface area contributed by atoms with E-state index in [-0.39, 0.29) is 5.92 Å². The highest BCUT2D eigenvalue weighted by Gasteiger charge is 2.26. The second kappa shape index (κ2) is 6.06. The fraction of sp³-hybridized carbons (Fsp3) is 0.786. The first-order valence-corrected chi connectivity index (χ1v) is 9.56. The Kier molecular flexibility index (Phi) is 4.33. The van der Waals surface area contributed by atoms with E-state index in [1.165, 1.54) is 31.2 Å². The summed E-state index contributed by atoms with van der Waals surface area (Å²) in [5.41, 5.74) is 1.23. The molecule has 0 bridgehead atoms. The number of sulfonamides is 1. The second-order valence-corrected chi connectivity index (χ2v) is 8.32. The summed E-state index contributed by atoms with van der Waals surface area (Å²) in [5.74, 6) is 1.09. The molecule has 6 nitrogen and oxygen atoms in total. The fourth-order valence-corrected chi connectivity index (χ4v) is 3.74. The summed E-state index contributed by atoms with van der Waals surface area (Å²) >= 11 is 0. The normalized spacial score (nSPS) is 24.3. The molecule has 1 aromatic heterocycles. The van der Waals surface area contributed by atoms with E-state index in [1.54, 1.807) is 0 Å². The molecule has 1 unspecified atom stereocenters. The Balaban J connectivity index is 1.68. The lowest BCUT2D eigenvalue weighted by Gasteiger charge is -2.32. The molecule has 2 heterocycles. The first-order chi connectivity index (χ1) is 9.99. The number of hydrogen-bond acceptors (Lipinski definition) is 4. The molecule has 1 aliphatic carbocycles. The van der Waals surface area contributed by atoms with Crippen LogP contribution in [-0.2, 0) is 23.1 Å². The van der Waals surface area contributed by atoms with Gasteiger partial charge in [0.25, 0.3) is 0 Å². The summed E-state index contributed by atoms with van der Waals surface area (Å²) < 4.78 is 27.3. The SMILES string of the molecule is CS(=O)(=O)NCC1CN(CC2CCC2)Cc2ccnn2C1. The molecule has 0 radical (unpaired) electrons. The Labute approximate surface area is 126 Å². The van der Waals surface area contributed by atoms with Crippen LogP contribution in [0, 0.1) is 11.8 Å². The van der Waals surface area contributed by atoms with Crippen LogP contribution in [0.3, 0.4) is 0 Å². The highest BCUT2D eigenvalue weighted by molar-refractivity contribution is 7.88. The van der Waals surface area contributed by atoms with Crippen LogP contribution in [0.1, 0.15) is 25.0 Å². The van der Waals surface area contributed by atoms with E-state index in [2.05, 4.69) is 20.8 Å². The molecule has 1 aliphatic heterocycles. The molecule has 1 aromatic rings. The first kappa shape index (κ1) is 15.0. The van der Waals surface area contributed by atoms with E-state index in [4.69, 9.17) is 0 Å². The Morgan fingerprint density at radius 2 is 2.14 bits per heavy atom. The van der Waals surface area contributed by atoms with E-state index in [9.17, 15) is 8.42 Å². The molecule has 0 amide bonds. The smallest absolute Gasteiger partial charge is 0.208 e. The van der Waals surface area contributed by atoms with Crippen LogP contribution in [-0.4, -0.2) is 49.0 Å². The number of nitrogens with zero attached hydrogens (tertiary/aromatic N) is 3. The maximum absolute atomic E-state index is 11.3. The molecule has 0 aromatic carbocycles. The molecule has 2 aliphatic rings. The topological polar surface area (TPSA) is 67.2 Å². The van der Waals surface area contributed by atoms with Crippen molar-refractivity contribution in [2.75, 3.05) is 25.9 Å². The van der Waals surface area contributed by atoms with Crippen LogP contribution in [0.15, 0.2) is 12.3 Å². The molecule has 1 atom stereocenters. The number of nitrogens with one attached hydrogen (secondary N) is 1. The molecule has 0 saturated heterocycles. The molecule has 21 heavy (non-hydrogen) atoms. The third-order valence-corrected chi connectivity index (χ3v) is 5.20. The van der Waals surface area contributed by atoms with Gasteiger partial charge in [0.05, 0.1) is 11.9 Å². The van der Waals surface area contributed by atoms with Gasteiger partial charge in [-0.25, -0.2) is 13.1 Å².